The molecule has 0 saturated carbocycles. The lowest BCUT2D eigenvalue weighted by atomic mass is 10.1. The van der Waals surface area contributed by atoms with E-state index in [1.807, 2.05) is 18.2 Å². The van der Waals surface area contributed by atoms with Crippen molar-refractivity contribution in [2.75, 3.05) is 32.8 Å². The summed E-state index contributed by atoms with van der Waals surface area (Å²) >= 11 is 0. The van der Waals surface area contributed by atoms with Gasteiger partial charge in [-0.25, -0.2) is 0 Å². The summed E-state index contributed by atoms with van der Waals surface area (Å²) in [4.78, 5) is 13.0. The maximum absolute atomic E-state index is 13.0. The van der Waals surface area contributed by atoms with Crippen LogP contribution in [0, 0.1) is 0 Å². The van der Waals surface area contributed by atoms with E-state index in [1.165, 1.54) is 0 Å². The Hall–Kier alpha value is -3.68. The summed E-state index contributed by atoms with van der Waals surface area (Å²) in [5.74, 6) is 2.19. The van der Waals surface area contributed by atoms with Gasteiger partial charge in [0, 0.05) is 37.0 Å². The molecule has 1 aliphatic rings. The average molecular weight is 409 g/mol. The largest absolute Gasteiger partial charge is 0.493 e. The maximum atomic E-state index is 13.0. The molecule has 156 valence electrons. The van der Waals surface area contributed by atoms with Gasteiger partial charge in [-0.2, -0.15) is 5.10 Å². The summed E-state index contributed by atoms with van der Waals surface area (Å²) in [5.41, 5.74) is 2.37. The van der Waals surface area contributed by atoms with Crippen molar-refractivity contribution in [3.8, 4) is 34.3 Å². The van der Waals surface area contributed by atoms with E-state index in [2.05, 4.69) is 10.4 Å². The number of benzene rings is 2. The molecule has 2 heterocycles. The summed E-state index contributed by atoms with van der Waals surface area (Å²) in [5, 5.41) is 7.39. The second-order valence-electron chi connectivity index (χ2n) is 6.80. The molecule has 0 spiro atoms. The number of aromatic nitrogens is 2. The number of rotatable bonds is 5. The van der Waals surface area contributed by atoms with E-state index in [0.29, 0.717) is 53.2 Å². The molecule has 0 radical (unpaired) electrons. The fourth-order valence-corrected chi connectivity index (χ4v) is 3.29. The van der Waals surface area contributed by atoms with Crippen molar-refractivity contribution < 1.29 is 23.7 Å². The first-order valence-corrected chi connectivity index (χ1v) is 9.56. The van der Waals surface area contributed by atoms with Crippen molar-refractivity contribution in [3.63, 3.8) is 0 Å². The van der Waals surface area contributed by atoms with Crippen LogP contribution in [0.15, 0.2) is 42.6 Å². The maximum Gasteiger partial charge on any atom is 0.259 e. The van der Waals surface area contributed by atoms with Gasteiger partial charge < -0.3 is 24.3 Å². The van der Waals surface area contributed by atoms with Gasteiger partial charge in [0.25, 0.3) is 5.91 Å². The summed E-state index contributed by atoms with van der Waals surface area (Å²) in [6.07, 6.45) is 2.51. The Morgan fingerprint density at radius 1 is 1.03 bits per heavy atom. The number of carbonyl (C=O) groups is 1. The Labute approximate surface area is 174 Å². The highest BCUT2D eigenvalue weighted by atomic mass is 16.5. The Bertz CT molecular complexity index is 1080. The first kappa shape index (κ1) is 19.6. The molecule has 3 aromatic rings. The number of nitrogens with one attached hydrogen (secondary N) is 1. The van der Waals surface area contributed by atoms with Crippen LogP contribution in [0.1, 0.15) is 16.8 Å². The highest BCUT2D eigenvalue weighted by Crippen LogP contribution is 2.35. The summed E-state index contributed by atoms with van der Waals surface area (Å²) in [7, 11) is 4.89. The summed E-state index contributed by atoms with van der Waals surface area (Å²) in [6.45, 7) is 1.21. The molecule has 8 nitrogen and oxygen atoms in total. The summed E-state index contributed by atoms with van der Waals surface area (Å²) < 4.78 is 23.6. The zero-order chi connectivity index (χ0) is 21.1. The monoisotopic (exact) mass is 409 g/mol. The van der Waals surface area contributed by atoms with Gasteiger partial charge in [-0.15, -0.1) is 0 Å². The van der Waals surface area contributed by atoms with Crippen LogP contribution >= 0.6 is 0 Å². The van der Waals surface area contributed by atoms with Crippen LogP contribution in [-0.4, -0.2) is 43.1 Å². The molecule has 0 fully saturated rings. The van der Waals surface area contributed by atoms with Crippen LogP contribution in [0.3, 0.4) is 0 Å². The van der Waals surface area contributed by atoms with E-state index < -0.39 is 0 Å². The molecule has 1 amide bonds. The van der Waals surface area contributed by atoms with Crippen LogP contribution in [0.5, 0.6) is 23.0 Å². The topological polar surface area (TPSA) is 83.8 Å². The first-order valence-electron chi connectivity index (χ1n) is 9.56. The molecule has 0 saturated heterocycles. The highest BCUT2D eigenvalue weighted by molar-refractivity contribution is 6.08. The number of nitrogens with zero attached hydrogens (tertiary/aromatic N) is 2. The third-order valence-electron chi connectivity index (χ3n) is 4.74. The minimum atomic E-state index is -0.280. The SMILES string of the molecule is COc1ccc(NC(=O)c2cn(C)nc2-c2ccc3c(c2)OCCCO3)cc1OC. The fraction of sp³-hybridized carbons (Fsp3) is 0.273. The number of anilines is 1. The van der Waals surface area contributed by atoms with Crippen LogP contribution in [-0.2, 0) is 7.05 Å². The molecule has 2 aromatic carbocycles. The third-order valence-corrected chi connectivity index (χ3v) is 4.74. The molecule has 0 unspecified atom stereocenters. The molecule has 1 aliphatic heterocycles. The molecule has 4 rings (SSSR count). The number of hydrogen-bond donors (Lipinski definition) is 1. The van der Waals surface area contributed by atoms with Crippen LogP contribution in [0.4, 0.5) is 5.69 Å². The Kier molecular flexibility index (Phi) is 5.47. The number of fused-ring (bicyclic) bond motifs is 1. The van der Waals surface area contributed by atoms with Gasteiger partial charge in [0.1, 0.15) is 5.69 Å². The van der Waals surface area contributed by atoms with Crippen LogP contribution in [0.2, 0.25) is 0 Å². The van der Waals surface area contributed by atoms with Gasteiger partial charge in [0.2, 0.25) is 0 Å². The van der Waals surface area contributed by atoms with E-state index in [4.69, 9.17) is 18.9 Å². The van der Waals surface area contributed by atoms with Gasteiger partial charge in [0.15, 0.2) is 23.0 Å². The second-order valence-corrected chi connectivity index (χ2v) is 6.80. The number of aryl methyl sites for hydroxylation is 1. The van der Waals surface area contributed by atoms with Crippen molar-refractivity contribution in [1.29, 1.82) is 0 Å². The van der Waals surface area contributed by atoms with Gasteiger partial charge >= 0.3 is 0 Å². The predicted molar refractivity (Wildman–Crippen MR) is 112 cm³/mol. The number of carbonyl (C=O) groups excluding carboxylic acids is 1. The number of amides is 1. The van der Waals surface area contributed by atoms with Crippen molar-refractivity contribution in [2.24, 2.45) is 7.05 Å². The molecule has 0 aliphatic carbocycles. The first-order chi connectivity index (χ1) is 14.6. The number of ether oxygens (including phenoxy) is 4. The van der Waals surface area contributed by atoms with E-state index >= 15 is 0 Å². The minimum absolute atomic E-state index is 0.280. The lowest BCUT2D eigenvalue weighted by molar-refractivity contribution is 0.102. The minimum Gasteiger partial charge on any atom is -0.493 e. The molecule has 1 N–H and O–H groups in total. The molecule has 30 heavy (non-hydrogen) atoms. The molecule has 8 heteroatoms. The zero-order valence-electron chi connectivity index (χ0n) is 17.1. The van der Waals surface area contributed by atoms with Crippen molar-refractivity contribution in [2.45, 2.75) is 6.42 Å². The van der Waals surface area contributed by atoms with Crippen molar-refractivity contribution >= 4 is 11.6 Å². The molecule has 1 aromatic heterocycles. The Balaban J connectivity index is 1.63. The number of hydrogen-bond acceptors (Lipinski definition) is 6. The smallest absolute Gasteiger partial charge is 0.259 e. The third kappa shape index (κ3) is 3.89. The molecular formula is C22H23N3O5. The van der Waals surface area contributed by atoms with E-state index in [1.54, 1.807) is 50.3 Å². The molecule has 0 atom stereocenters. The zero-order valence-corrected chi connectivity index (χ0v) is 17.1. The standard InChI is InChI=1S/C22H23N3O5/c1-25-13-16(22(26)23-15-6-8-17(27-2)19(12-15)28-3)21(24-25)14-5-7-18-20(11-14)30-10-4-9-29-18/h5-8,11-13H,4,9-10H2,1-3H3,(H,23,26). The number of methoxy groups -OCH3 is 2. The lowest BCUT2D eigenvalue weighted by Crippen LogP contribution is -2.12. The predicted octanol–water partition coefficient (Wildman–Crippen LogP) is 3.52. The van der Waals surface area contributed by atoms with E-state index in [0.717, 1.165) is 12.0 Å². The second kappa shape index (κ2) is 8.36. The van der Waals surface area contributed by atoms with Crippen molar-refractivity contribution in [1.82, 2.24) is 9.78 Å². The quantitative estimate of drug-likeness (QED) is 0.694. The molecular weight excluding hydrogens is 386 g/mol. The van der Waals surface area contributed by atoms with Crippen LogP contribution in [0.25, 0.3) is 11.3 Å². The highest BCUT2D eigenvalue weighted by Gasteiger charge is 2.20. The van der Waals surface area contributed by atoms with Crippen molar-refractivity contribution in [3.05, 3.63) is 48.2 Å². The fourth-order valence-electron chi connectivity index (χ4n) is 3.29. The lowest BCUT2D eigenvalue weighted by Gasteiger charge is -2.11. The molecule has 0 bridgehead atoms. The van der Waals surface area contributed by atoms with Gasteiger partial charge in [-0.1, -0.05) is 0 Å². The normalized spacial score (nSPS) is 12.8. The summed E-state index contributed by atoms with van der Waals surface area (Å²) in [6, 6.07) is 10.8. The van der Waals surface area contributed by atoms with E-state index in [-0.39, 0.29) is 5.91 Å². The van der Waals surface area contributed by atoms with E-state index in [9.17, 15) is 4.79 Å². The van der Waals surface area contributed by atoms with Crippen LogP contribution < -0.4 is 24.3 Å². The Morgan fingerprint density at radius 2 is 1.80 bits per heavy atom. The Morgan fingerprint density at radius 3 is 2.57 bits per heavy atom. The van der Waals surface area contributed by atoms with Gasteiger partial charge in [0.05, 0.1) is 33.0 Å². The average Bonchev–Trinajstić information content (AvgIpc) is 3.00. The van der Waals surface area contributed by atoms with Gasteiger partial charge in [-0.05, 0) is 30.3 Å². The van der Waals surface area contributed by atoms with Gasteiger partial charge in [-0.3, -0.25) is 9.48 Å².